The molecule has 2 aliphatic carbocycles. The Morgan fingerprint density at radius 3 is 1.71 bits per heavy atom. The van der Waals surface area contributed by atoms with Crippen LogP contribution in [-0.4, -0.2) is 25.2 Å². The van der Waals surface area contributed by atoms with Gasteiger partial charge in [-0.25, -0.2) is 9.59 Å². The maximum Gasteiger partial charge on any atom is 0.340 e. The molecule has 0 aromatic carbocycles. The summed E-state index contributed by atoms with van der Waals surface area (Å²) < 4.78 is 10.1. The van der Waals surface area contributed by atoms with Crippen LogP contribution < -0.4 is 5.73 Å². The summed E-state index contributed by atoms with van der Waals surface area (Å²) in [6, 6.07) is 8.83. The molecule has 0 aromatic heterocycles. The third-order valence-corrected chi connectivity index (χ3v) is 3.07. The molecule has 0 fully saturated rings. The quantitative estimate of drug-likeness (QED) is 0.875. The predicted molar refractivity (Wildman–Crippen MR) is 79.4 cm³/mol. The highest BCUT2D eigenvalue weighted by molar-refractivity contribution is 6.15. The molecule has 21 heavy (non-hydrogen) atoms. The highest BCUT2D eigenvalue weighted by Gasteiger charge is 2.30. The summed E-state index contributed by atoms with van der Waals surface area (Å²) in [6.07, 6.45) is 0. The minimum absolute atomic E-state index is 0.105. The van der Waals surface area contributed by atoms with Gasteiger partial charge in [-0.2, -0.15) is 0 Å². The van der Waals surface area contributed by atoms with Gasteiger partial charge >= 0.3 is 11.9 Å². The number of fused-ring (bicyclic) bond motifs is 1. The van der Waals surface area contributed by atoms with Crippen molar-refractivity contribution in [3.8, 4) is 11.1 Å². The predicted octanol–water partition coefficient (Wildman–Crippen LogP) is 2.73. The van der Waals surface area contributed by atoms with Crippen LogP contribution in [0.2, 0.25) is 0 Å². The molecule has 5 heteroatoms. The normalized spacial score (nSPS) is 10.4. The Bertz CT molecular complexity index is 598. The van der Waals surface area contributed by atoms with Crippen molar-refractivity contribution in [2.24, 2.45) is 0 Å². The number of nitrogen functional groups attached to an aromatic ring is 1. The van der Waals surface area contributed by atoms with Crippen LogP contribution in [0.4, 0.5) is 5.69 Å². The topological polar surface area (TPSA) is 78.6 Å². The van der Waals surface area contributed by atoms with Crippen LogP contribution in [0, 0.1) is 0 Å². The first-order chi connectivity index (χ1) is 10.1. The van der Waals surface area contributed by atoms with Crippen LogP contribution in [-0.2, 0) is 9.47 Å². The number of ether oxygens (including phenoxy) is 2. The van der Waals surface area contributed by atoms with Gasteiger partial charge in [0, 0.05) is 0 Å². The molecule has 0 spiro atoms. The van der Waals surface area contributed by atoms with Gasteiger partial charge in [0.25, 0.3) is 0 Å². The largest absolute Gasteiger partial charge is 0.462 e. The van der Waals surface area contributed by atoms with Crippen molar-refractivity contribution in [3.63, 3.8) is 0 Å². The van der Waals surface area contributed by atoms with Crippen molar-refractivity contribution >= 4 is 17.6 Å². The van der Waals surface area contributed by atoms with Crippen molar-refractivity contribution in [2.75, 3.05) is 18.9 Å². The summed E-state index contributed by atoms with van der Waals surface area (Å²) in [5.74, 6) is -1.08. The Labute approximate surface area is 123 Å². The van der Waals surface area contributed by atoms with E-state index in [1.165, 1.54) is 0 Å². The molecule has 2 N–H and O–H groups in total. The number of carbonyl (C=O) groups is 2. The van der Waals surface area contributed by atoms with Crippen molar-refractivity contribution in [2.45, 2.75) is 13.8 Å². The van der Waals surface area contributed by atoms with Crippen molar-refractivity contribution in [1.82, 2.24) is 0 Å². The molecule has 0 atom stereocenters. The lowest BCUT2D eigenvalue weighted by molar-refractivity contribution is 0.0525. The molecule has 0 heterocycles. The molecule has 2 rings (SSSR count). The molecule has 0 saturated heterocycles. The third-order valence-electron chi connectivity index (χ3n) is 3.07. The summed E-state index contributed by atoms with van der Waals surface area (Å²) in [6.45, 7) is 3.90. The van der Waals surface area contributed by atoms with Gasteiger partial charge in [-0.05, 0) is 25.0 Å². The average Bonchev–Trinajstić information content (AvgIpc) is 2.59. The highest BCUT2D eigenvalue weighted by atomic mass is 16.5. The smallest absolute Gasteiger partial charge is 0.340 e. The number of esters is 2. The lowest BCUT2D eigenvalue weighted by Gasteiger charge is -2.03. The Kier molecular flexibility index (Phi) is 4.42. The van der Waals surface area contributed by atoms with Crippen LogP contribution in [0.25, 0.3) is 11.1 Å². The number of anilines is 1. The monoisotopic (exact) mass is 287 g/mol. The first-order valence-electron chi connectivity index (χ1n) is 6.76. The molecule has 0 saturated carbocycles. The lowest BCUT2D eigenvalue weighted by Crippen LogP contribution is -2.09. The Morgan fingerprint density at radius 1 is 0.905 bits per heavy atom. The first-order valence-corrected chi connectivity index (χ1v) is 6.76. The van der Waals surface area contributed by atoms with Crippen molar-refractivity contribution in [3.05, 3.63) is 41.5 Å². The van der Waals surface area contributed by atoms with Crippen molar-refractivity contribution in [1.29, 1.82) is 0 Å². The fourth-order valence-corrected chi connectivity index (χ4v) is 2.24. The minimum atomic E-state index is -0.540. The zero-order chi connectivity index (χ0) is 15.4. The molecule has 2 aliphatic rings. The van der Waals surface area contributed by atoms with E-state index in [2.05, 4.69) is 0 Å². The molecule has 0 bridgehead atoms. The number of carbonyl (C=O) groups excluding carboxylic acids is 2. The second-order valence-corrected chi connectivity index (χ2v) is 4.34. The molecule has 0 amide bonds. The number of rotatable bonds is 4. The van der Waals surface area contributed by atoms with Crippen molar-refractivity contribution < 1.29 is 19.1 Å². The van der Waals surface area contributed by atoms with Crippen LogP contribution in [0.5, 0.6) is 0 Å². The summed E-state index contributed by atoms with van der Waals surface area (Å²) >= 11 is 0. The number of hydrogen-bond acceptors (Lipinski definition) is 5. The van der Waals surface area contributed by atoms with E-state index >= 15 is 0 Å². The van der Waals surface area contributed by atoms with E-state index in [4.69, 9.17) is 15.2 Å². The van der Waals surface area contributed by atoms with Crippen LogP contribution in [0.15, 0.2) is 30.3 Å². The van der Waals surface area contributed by atoms with Gasteiger partial charge < -0.3 is 15.2 Å². The zero-order valence-corrected chi connectivity index (χ0v) is 12.0. The SMILES string of the molecule is CCOC(=O)c1c2cccccc-2c(C(=O)OCC)c1N. The first kappa shape index (κ1) is 14.8. The van der Waals surface area contributed by atoms with Gasteiger partial charge in [0.05, 0.1) is 30.0 Å². The van der Waals surface area contributed by atoms with Crippen LogP contribution in [0.3, 0.4) is 0 Å². The van der Waals surface area contributed by atoms with E-state index in [1.54, 1.807) is 44.2 Å². The van der Waals surface area contributed by atoms with E-state index < -0.39 is 11.9 Å². The molecule has 110 valence electrons. The fraction of sp³-hybridized carbons (Fsp3) is 0.250. The third kappa shape index (κ3) is 2.67. The van der Waals surface area contributed by atoms with Crippen LogP contribution in [0.1, 0.15) is 34.6 Å². The Morgan fingerprint density at radius 2 is 1.33 bits per heavy atom. The van der Waals surface area contributed by atoms with E-state index in [0.29, 0.717) is 11.1 Å². The summed E-state index contributed by atoms with van der Waals surface area (Å²) in [7, 11) is 0. The van der Waals surface area contributed by atoms with Gasteiger partial charge in [0.15, 0.2) is 0 Å². The minimum Gasteiger partial charge on any atom is -0.462 e. The Balaban J connectivity index is 2.68. The molecular formula is C16H17NO4. The zero-order valence-electron chi connectivity index (χ0n) is 12.0. The fourth-order valence-electron chi connectivity index (χ4n) is 2.24. The molecule has 0 radical (unpaired) electrons. The maximum absolute atomic E-state index is 12.1. The summed E-state index contributed by atoms with van der Waals surface area (Å²) in [4.78, 5) is 24.2. The van der Waals surface area contributed by atoms with E-state index in [1.807, 2.05) is 0 Å². The molecule has 0 aliphatic heterocycles. The number of nitrogens with two attached hydrogens (primary N) is 1. The van der Waals surface area contributed by atoms with Gasteiger partial charge in [0.1, 0.15) is 0 Å². The van der Waals surface area contributed by atoms with Gasteiger partial charge in [-0.15, -0.1) is 0 Å². The van der Waals surface area contributed by atoms with E-state index in [-0.39, 0.29) is 30.0 Å². The lowest BCUT2D eigenvalue weighted by atomic mass is 10.1. The standard InChI is InChI=1S/C16H17NO4/c1-3-20-15(18)12-10-8-6-5-7-9-11(10)13(14(12)17)16(19)21-4-2/h5-9H,3-4,17H2,1-2H3. The van der Waals surface area contributed by atoms with Gasteiger partial charge in [-0.1, -0.05) is 30.3 Å². The highest BCUT2D eigenvalue weighted by Crippen LogP contribution is 2.39. The van der Waals surface area contributed by atoms with E-state index in [0.717, 1.165) is 0 Å². The van der Waals surface area contributed by atoms with Gasteiger partial charge in [0.2, 0.25) is 0 Å². The number of hydrogen-bond donors (Lipinski definition) is 1. The maximum atomic E-state index is 12.1. The average molecular weight is 287 g/mol. The molecular weight excluding hydrogens is 270 g/mol. The summed E-state index contributed by atoms with van der Waals surface area (Å²) in [5.41, 5.74) is 7.72. The molecule has 0 aromatic rings. The molecule has 5 nitrogen and oxygen atoms in total. The second kappa shape index (κ2) is 6.26. The van der Waals surface area contributed by atoms with Crippen LogP contribution >= 0.6 is 0 Å². The summed E-state index contributed by atoms with van der Waals surface area (Å²) in [5, 5.41) is 0. The van der Waals surface area contributed by atoms with E-state index in [9.17, 15) is 9.59 Å². The second-order valence-electron chi connectivity index (χ2n) is 4.34. The Hall–Kier alpha value is -2.56. The van der Waals surface area contributed by atoms with Gasteiger partial charge in [-0.3, -0.25) is 0 Å². The molecule has 0 unspecified atom stereocenters.